The summed E-state index contributed by atoms with van der Waals surface area (Å²) in [6, 6.07) is 14.9. The Morgan fingerprint density at radius 3 is 2.65 bits per heavy atom. The van der Waals surface area contributed by atoms with E-state index in [1.165, 1.54) is 0 Å². The number of halogens is 2. The lowest BCUT2D eigenvalue weighted by Crippen LogP contribution is -2.28. The van der Waals surface area contributed by atoms with Gasteiger partial charge in [-0.3, -0.25) is 4.79 Å². The smallest absolute Gasteiger partial charge is 0.258 e. The van der Waals surface area contributed by atoms with Crippen molar-refractivity contribution < 1.29 is 9.53 Å². The molecule has 104 valence electrons. The molecule has 0 radical (unpaired) electrons. The van der Waals surface area contributed by atoms with Crippen molar-refractivity contribution in [2.75, 3.05) is 6.61 Å². The van der Waals surface area contributed by atoms with E-state index in [1.807, 2.05) is 30.3 Å². The number of amides is 1. The van der Waals surface area contributed by atoms with E-state index in [0.717, 1.165) is 10.0 Å². The highest BCUT2D eigenvalue weighted by Crippen LogP contribution is 2.27. The van der Waals surface area contributed by atoms with Gasteiger partial charge in [0.2, 0.25) is 0 Å². The SMILES string of the molecule is O=C(COc1ccc(Cl)cc1Br)NCc1ccccc1. The third-order valence-corrected chi connectivity index (χ3v) is 3.44. The van der Waals surface area contributed by atoms with Crippen molar-refractivity contribution in [2.45, 2.75) is 6.54 Å². The number of rotatable bonds is 5. The normalized spacial score (nSPS) is 10.1. The van der Waals surface area contributed by atoms with Gasteiger partial charge in [-0.05, 0) is 39.7 Å². The monoisotopic (exact) mass is 353 g/mol. The molecule has 2 aromatic rings. The van der Waals surface area contributed by atoms with Crippen LogP contribution in [0.1, 0.15) is 5.56 Å². The fourth-order valence-electron chi connectivity index (χ4n) is 1.58. The standard InChI is InChI=1S/C15H13BrClNO2/c16-13-8-12(17)6-7-14(13)20-10-15(19)18-9-11-4-2-1-3-5-11/h1-8H,9-10H2,(H,18,19). The molecule has 5 heteroatoms. The van der Waals surface area contributed by atoms with Crippen molar-refractivity contribution >= 4 is 33.4 Å². The number of nitrogens with one attached hydrogen (secondary N) is 1. The van der Waals surface area contributed by atoms with Crippen LogP contribution in [0.3, 0.4) is 0 Å². The molecule has 0 aliphatic heterocycles. The number of carbonyl (C=O) groups is 1. The third-order valence-electron chi connectivity index (χ3n) is 2.59. The Morgan fingerprint density at radius 2 is 1.95 bits per heavy atom. The lowest BCUT2D eigenvalue weighted by molar-refractivity contribution is -0.123. The average molecular weight is 355 g/mol. The molecule has 0 spiro atoms. The second-order valence-electron chi connectivity index (χ2n) is 4.13. The molecule has 0 saturated heterocycles. The molecule has 0 aliphatic rings. The van der Waals surface area contributed by atoms with Gasteiger partial charge in [0.15, 0.2) is 6.61 Å². The first-order valence-corrected chi connectivity index (χ1v) is 7.21. The summed E-state index contributed by atoms with van der Waals surface area (Å²) in [4.78, 5) is 11.7. The van der Waals surface area contributed by atoms with Crippen LogP contribution in [-0.4, -0.2) is 12.5 Å². The van der Waals surface area contributed by atoms with Gasteiger partial charge in [0, 0.05) is 11.6 Å². The molecule has 3 nitrogen and oxygen atoms in total. The van der Waals surface area contributed by atoms with Gasteiger partial charge in [-0.25, -0.2) is 0 Å². The molecule has 0 atom stereocenters. The summed E-state index contributed by atoms with van der Waals surface area (Å²) in [6.07, 6.45) is 0. The van der Waals surface area contributed by atoms with Crippen molar-refractivity contribution in [3.8, 4) is 5.75 Å². The van der Waals surface area contributed by atoms with Crippen LogP contribution in [-0.2, 0) is 11.3 Å². The van der Waals surface area contributed by atoms with E-state index in [0.29, 0.717) is 17.3 Å². The number of hydrogen-bond acceptors (Lipinski definition) is 2. The summed E-state index contributed by atoms with van der Waals surface area (Å²) in [5.74, 6) is 0.417. The Balaban J connectivity index is 1.80. The van der Waals surface area contributed by atoms with E-state index in [2.05, 4.69) is 21.2 Å². The zero-order valence-corrected chi connectivity index (χ0v) is 12.9. The van der Waals surface area contributed by atoms with E-state index < -0.39 is 0 Å². The Bertz CT molecular complexity index is 590. The molecule has 0 heterocycles. The predicted molar refractivity (Wildman–Crippen MR) is 82.9 cm³/mol. The Hall–Kier alpha value is -1.52. The van der Waals surface area contributed by atoms with Crippen LogP contribution in [0.15, 0.2) is 53.0 Å². The van der Waals surface area contributed by atoms with Crippen molar-refractivity contribution in [3.63, 3.8) is 0 Å². The average Bonchev–Trinajstić information content (AvgIpc) is 2.45. The predicted octanol–water partition coefficient (Wildman–Crippen LogP) is 3.80. The van der Waals surface area contributed by atoms with E-state index in [4.69, 9.17) is 16.3 Å². The van der Waals surface area contributed by atoms with Crippen LogP contribution < -0.4 is 10.1 Å². The van der Waals surface area contributed by atoms with Gasteiger partial charge >= 0.3 is 0 Å². The minimum atomic E-state index is -0.171. The molecule has 1 N–H and O–H groups in total. The van der Waals surface area contributed by atoms with Gasteiger partial charge in [-0.1, -0.05) is 41.9 Å². The first-order valence-electron chi connectivity index (χ1n) is 6.03. The highest BCUT2D eigenvalue weighted by Gasteiger charge is 2.06. The molecule has 2 rings (SSSR count). The summed E-state index contributed by atoms with van der Waals surface area (Å²) in [7, 11) is 0. The second kappa shape index (κ2) is 7.31. The maximum Gasteiger partial charge on any atom is 0.258 e. The molecule has 0 bridgehead atoms. The quantitative estimate of drug-likeness (QED) is 0.887. The van der Waals surface area contributed by atoms with Gasteiger partial charge in [0.05, 0.1) is 4.47 Å². The van der Waals surface area contributed by atoms with Crippen molar-refractivity contribution in [1.82, 2.24) is 5.32 Å². The number of carbonyl (C=O) groups excluding carboxylic acids is 1. The van der Waals surface area contributed by atoms with E-state index in [-0.39, 0.29) is 12.5 Å². The van der Waals surface area contributed by atoms with E-state index in [1.54, 1.807) is 18.2 Å². The molecule has 1 amide bonds. The number of ether oxygens (including phenoxy) is 1. The lowest BCUT2D eigenvalue weighted by atomic mass is 10.2. The zero-order valence-electron chi connectivity index (χ0n) is 10.6. The molecule has 0 aliphatic carbocycles. The fourth-order valence-corrected chi connectivity index (χ4v) is 2.38. The number of hydrogen-bond donors (Lipinski definition) is 1. The molecule has 0 unspecified atom stereocenters. The lowest BCUT2D eigenvalue weighted by Gasteiger charge is -2.09. The molecule has 20 heavy (non-hydrogen) atoms. The molecule has 0 saturated carbocycles. The summed E-state index contributed by atoms with van der Waals surface area (Å²) >= 11 is 9.16. The first-order chi connectivity index (χ1) is 9.65. The third kappa shape index (κ3) is 4.54. The van der Waals surface area contributed by atoms with Crippen LogP contribution in [0.5, 0.6) is 5.75 Å². The van der Waals surface area contributed by atoms with Crippen molar-refractivity contribution in [3.05, 3.63) is 63.6 Å². The topological polar surface area (TPSA) is 38.3 Å². The van der Waals surface area contributed by atoms with Gasteiger partial charge in [-0.15, -0.1) is 0 Å². The zero-order chi connectivity index (χ0) is 14.4. The molecule has 2 aromatic carbocycles. The van der Waals surface area contributed by atoms with Crippen LogP contribution >= 0.6 is 27.5 Å². The maximum atomic E-state index is 11.7. The van der Waals surface area contributed by atoms with Crippen LogP contribution in [0, 0.1) is 0 Å². The molecule has 0 aromatic heterocycles. The van der Waals surface area contributed by atoms with E-state index >= 15 is 0 Å². The highest BCUT2D eigenvalue weighted by molar-refractivity contribution is 9.10. The maximum absolute atomic E-state index is 11.7. The molecular weight excluding hydrogens is 342 g/mol. The minimum Gasteiger partial charge on any atom is -0.483 e. The van der Waals surface area contributed by atoms with Crippen molar-refractivity contribution in [1.29, 1.82) is 0 Å². The summed E-state index contributed by atoms with van der Waals surface area (Å²) in [5.41, 5.74) is 1.05. The first kappa shape index (κ1) is 14.9. The Kier molecular flexibility index (Phi) is 5.44. The minimum absolute atomic E-state index is 0.0347. The summed E-state index contributed by atoms with van der Waals surface area (Å²) < 4.78 is 6.15. The van der Waals surface area contributed by atoms with Gasteiger partial charge in [-0.2, -0.15) is 0 Å². The molecular formula is C15H13BrClNO2. The largest absolute Gasteiger partial charge is 0.483 e. The van der Waals surface area contributed by atoms with Gasteiger partial charge in [0.1, 0.15) is 5.75 Å². The fraction of sp³-hybridized carbons (Fsp3) is 0.133. The summed E-state index contributed by atoms with van der Waals surface area (Å²) in [6.45, 7) is 0.456. The van der Waals surface area contributed by atoms with Crippen LogP contribution in [0.25, 0.3) is 0 Å². The van der Waals surface area contributed by atoms with E-state index in [9.17, 15) is 4.79 Å². The number of benzene rings is 2. The summed E-state index contributed by atoms with van der Waals surface area (Å²) in [5, 5.41) is 3.40. The van der Waals surface area contributed by atoms with Gasteiger partial charge in [0.25, 0.3) is 5.91 Å². The second-order valence-corrected chi connectivity index (χ2v) is 5.42. The van der Waals surface area contributed by atoms with Crippen LogP contribution in [0.4, 0.5) is 0 Å². The van der Waals surface area contributed by atoms with Crippen LogP contribution in [0.2, 0.25) is 5.02 Å². The molecule has 0 fully saturated rings. The van der Waals surface area contributed by atoms with Crippen molar-refractivity contribution in [2.24, 2.45) is 0 Å². The highest BCUT2D eigenvalue weighted by atomic mass is 79.9. The van der Waals surface area contributed by atoms with Gasteiger partial charge < -0.3 is 10.1 Å². The Labute approximate surface area is 131 Å². The Morgan fingerprint density at radius 1 is 1.20 bits per heavy atom.